The number of hydrogen-bond acceptors (Lipinski definition) is 1. The van der Waals surface area contributed by atoms with Crippen LogP contribution in [0.4, 0.5) is 0 Å². The second-order valence-electron chi connectivity index (χ2n) is 4.82. The van der Waals surface area contributed by atoms with Crippen molar-refractivity contribution in [1.82, 2.24) is 0 Å². The van der Waals surface area contributed by atoms with Crippen LogP contribution in [0, 0.1) is 29.1 Å². The van der Waals surface area contributed by atoms with E-state index in [4.69, 9.17) is 0 Å². The van der Waals surface area contributed by atoms with Gasteiger partial charge >= 0.3 is 0 Å². The number of carbonyl (C=O) groups excluding carboxylic acids is 1. The van der Waals surface area contributed by atoms with Gasteiger partial charge in [0.15, 0.2) is 0 Å². The lowest BCUT2D eigenvalue weighted by atomic mass is 9.87. The molecular formula is C10H14O. The minimum Gasteiger partial charge on any atom is -0.300 e. The maximum Gasteiger partial charge on any atom is 0.130 e. The number of carbonyl (C=O) groups is 1. The topological polar surface area (TPSA) is 17.1 Å². The molecule has 0 aromatic rings. The van der Waals surface area contributed by atoms with Gasteiger partial charge in [0.05, 0.1) is 0 Å². The van der Waals surface area contributed by atoms with E-state index >= 15 is 0 Å². The zero-order valence-corrected chi connectivity index (χ0v) is 7.13. The highest BCUT2D eigenvalue weighted by molar-refractivity contribution is 5.77. The smallest absolute Gasteiger partial charge is 0.130 e. The number of hydrogen-bond donors (Lipinski definition) is 0. The SMILES string of the molecule is CC(=O)CC1C2C(C)C3CC312. The third-order valence-corrected chi connectivity index (χ3v) is 4.45. The maximum atomic E-state index is 10.9. The zero-order valence-electron chi connectivity index (χ0n) is 7.13. The van der Waals surface area contributed by atoms with Crippen LogP contribution in [0.2, 0.25) is 0 Å². The molecule has 0 bridgehead atoms. The Bertz CT molecular complexity index is 245. The van der Waals surface area contributed by atoms with Gasteiger partial charge in [0.25, 0.3) is 0 Å². The fourth-order valence-electron chi connectivity index (χ4n) is 3.99. The van der Waals surface area contributed by atoms with Crippen LogP contribution >= 0.6 is 0 Å². The highest BCUT2D eigenvalue weighted by Gasteiger charge is 2.88. The summed E-state index contributed by atoms with van der Waals surface area (Å²) in [7, 11) is 0. The Hall–Kier alpha value is -0.330. The van der Waals surface area contributed by atoms with Gasteiger partial charge in [0.1, 0.15) is 5.78 Å². The van der Waals surface area contributed by atoms with Crippen LogP contribution in [-0.2, 0) is 4.79 Å². The van der Waals surface area contributed by atoms with E-state index in [1.165, 1.54) is 6.42 Å². The van der Waals surface area contributed by atoms with E-state index in [0.29, 0.717) is 5.78 Å². The van der Waals surface area contributed by atoms with Gasteiger partial charge in [-0.2, -0.15) is 0 Å². The van der Waals surface area contributed by atoms with E-state index in [2.05, 4.69) is 6.92 Å². The molecule has 60 valence electrons. The van der Waals surface area contributed by atoms with E-state index in [1.807, 2.05) is 0 Å². The van der Waals surface area contributed by atoms with E-state index in [9.17, 15) is 4.79 Å². The fourth-order valence-corrected chi connectivity index (χ4v) is 3.99. The predicted molar refractivity (Wildman–Crippen MR) is 42.0 cm³/mol. The van der Waals surface area contributed by atoms with Crippen molar-refractivity contribution in [3.05, 3.63) is 0 Å². The number of rotatable bonds is 2. The Labute approximate surface area is 67.2 Å². The largest absolute Gasteiger partial charge is 0.300 e. The molecule has 3 aliphatic carbocycles. The van der Waals surface area contributed by atoms with E-state index in [0.717, 1.165) is 35.5 Å². The van der Waals surface area contributed by atoms with Crippen molar-refractivity contribution in [3.63, 3.8) is 0 Å². The molecule has 1 spiro atoms. The van der Waals surface area contributed by atoms with Crippen molar-refractivity contribution in [2.24, 2.45) is 29.1 Å². The lowest BCUT2D eigenvalue weighted by Gasteiger charge is -2.17. The standard InChI is InChI=1S/C10H14O/c1-5(11)3-7-9-6(2)8-4-10(7,8)9/h6-9H,3-4H2,1-2H3. The summed E-state index contributed by atoms with van der Waals surface area (Å²) in [6.07, 6.45) is 2.34. The molecule has 0 aromatic heterocycles. The van der Waals surface area contributed by atoms with E-state index in [1.54, 1.807) is 6.92 Å². The molecule has 3 fully saturated rings. The molecule has 0 aliphatic heterocycles. The first-order valence-electron chi connectivity index (χ1n) is 4.67. The molecule has 0 heterocycles. The molecule has 1 nitrogen and oxygen atoms in total. The number of ketones is 1. The molecule has 3 aliphatic rings. The molecular weight excluding hydrogens is 136 g/mol. The first kappa shape index (κ1) is 6.22. The average Bonchev–Trinajstić information content (AvgIpc) is 2.70. The van der Waals surface area contributed by atoms with E-state index in [-0.39, 0.29) is 0 Å². The molecule has 3 rings (SSSR count). The number of Topliss-reactive ketones (excluding diaryl/α,β-unsaturated/α-hetero) is 1. The van der Waals surface area contributed by atoms with Crippen molar-refractivity contribution in [2.75, 3.05) is 0 Å². The molecule has 0 radical (unpaired) electrons. The van der Waals surface area contributed by atoms with Crippen molar-refractivity contribution in [3.8, 4) is 0 Å². The lowest BCUT2D eigenvalue weighted by molar-refractivity contribution is -0.117. The summed E-state index contributed by atoms with van der Waals surface area (Å²) in [5.41, 5.74) is 0.755. The highest BCUT2D eigenvalue weighted by Crippen LogP contribution is 2.93. The van der Waals surface area contributed by atoms with Crippen LogP contribution in [0.25, 0.3) is 0 Å². The molecule has 5 atom stereocenters. The van der Waals surface area contributed by atoms with Gasteiger partial charge in [0.2, 0.25) is 0 Å². The summed E-state index contributed by atoms with van der Waals surface area (Å²) in [4.78, 5) is 10.9. The van der Waals surface area contributed by atoms with Crippen LogP contribution in [0.1, 0.15) is 26.7 Å². The van der Waals surface area contributed by atoms with Crippen molar-refractivity contribution >= 4 is 5.78 Å². The summed E-state index contributed by atoms with van der Waals surface area (Å²) in [6.45, 7) is 4.09. The van der Waals surface area contributed by atoms with Gasteiger partial charge in [0, 0.05) is 6.42 Å². The second kappa shape index (κ2) is 1.41. The van der Waals surface area contributed by atoms with Gasteiger partial charge in [-0.25, -0.2) is 0 Å². The average molecular weight is 150 g/mol. The van der Waals surface area contributed by atoms with Gasteiger partial charge in [-0.3, -0.25) is 0 Å². The third-order valence-electron chi connectivity index (χ3n) is 4.45. The normalized spacial score (nSPS) is 62.4. The lowest BCUT2D eigenvalue weighted by Crippen LogP contribution is -2.13. The molecule has 11 heavy (non-hydrogen) atoms. The van der Waals surface area contributed by atoms with Crippen LogP contribution in [0.15, 0.2) is 0 Å². The van der Waals surface area contributed by atoms with Gasteiger partial charge < -0.3 is 4.79 Å². The summed E-state index contributed by atoms with van der Waals surface area (Å²) >= 11 is 0. The summed E-state index contributed by atoms with van der Waals surface area (Å²) in [5.74, 6) is 4.18. The molecule has 5 unspecified atom stereocenters. The summed E-state index contributed by atoms with van der Waals surface area (Å²) < 4.78 is 0. The van der Waals surface area contributed by atoms with Crippen molar-refractivity contribution < 1.29 is 4.79 Å². The molecule has 3 saturated carbocycles. The van der Waals surface area contributed by atoms with Gasteiger partial charge in [-0.05, 0) is 42.4 Å². The minimum absolute atomic E-state index is 0.400. The zero-order chi connectivity index (χ0) is 7.80. The maximum absolute atomic E-state index is 10.9. The van der Waals surface area contributed by atoms with Crippen molar-refractivity contribution in [2.45, 2.75) is 26.7 Å². The molecule has 1 heteroatoms. The van der Waals surface area contributed by atoms with Gasteiger partial charge in [-0.1, -0.05) is 6.92 Å². The Morgan fingerprint density at radius 1 is 1.64 bits per heavy atom. The molecule has 0 saturated heterocycles. The second-order valence-corrected chi connectivity index (χ2v) is 4.82. The molecule has 0 N–H and O–H groups in total. The first-order valence-corrected chi connectivity index (χ1v) is 4.67. The Morgan fingerprint density at radius 3 is 2.73 bits per heavy atom. The van der Waals surface area contributed by atoms with E-state index < -0.39 is 0 Å². The third kappa shape index (κ3) is 0.473. The van der Waals surface area contributed by atoms with Crippen molar-refractivity contribution in [1.29, 1.82) is 0 Å². The fraction of sp³-hybridized carbons (Fsp3) is 0.900. The van der Waals surface area contributed by atoms with Crippen LogP contribution in [0.3, 0.4) is 0 Å². The Morgan fingerprint density at radius 2 is 2.36 bits per heavy atom. The van der Waals surface area contributed by atoms with Crippen LogP contribution < -0.4 is 0 Å². The first-order chi connectivity index (χ1) is 5.18. The minimum atomic E-state index is 0.400. The highest BCUT2D eigenvalue weighted by atomic mass is 16.1. The quantitative estimate of drug-likeness (QED) is 0.587. The summed E-state index contributed by atoms with van der Waals surface area (Å²) in [5, 5.41) is 0. The molecule has 0 amide bonds. The Balaban J connectivity index is 1.74. The summed E-state index contributed by atoms with van der Waals surface area (Å²) in [6, 6.07) is 0. The monoisotopic (exact) mass is 150 g/mol. The molecule has 0 aromatic carbocycles. The van der Waals surface area contributed by atoms with Crippen LogP contribution in [0.5, 0.6) is 0 Å². The van der Waals surface area contributed by atoms with Crippen LogP contribution in [-0.4, -0.2) is 5.78 Å². The Kier molecular flexibility index (Phi) is 0.799. The predicted octanol–water partition coefficient (Wildman–Crippen LogP) is 1.87. The van der Waals surface area contributed by atoms with Gasteiger partial charge in [-0.15, -0.1) is 0 Å².